The lowest BCUT2D eigenvalue weighted by Crippen LogP contribution is -2.27. The van der Waals surface area contributed by atoms with Crippen molar-refractivity contribution in [3.05, 3.63) is 47.6 Å². The van der Waals surface area contributed by atoms with Gasteiger partial charge in [-0.05, 0) is 11.6 Å². The smallest absolute Gasteiger partial charge is 0.233 e. The minimum absolute atomic E-state index is 0.0414. The second kappa shape index (κ2) is 4.85. The third-order valence-electron chi connectivity index (χ3n) is 3.10. The van der Waals surface area contributed by atoms with Gasteiger partial charge in [0.2, 0.25) is 5.91 Å². The zero-order chi connectivity index (χ0) is 13.2. The molecule has 1 N–H and O–H groups in total. The third-order valence-corrected chi connectivity index (χ3v) is 3.94. The van der Waals surface area contributed by atoms with Crippen molar-refractivity contribution < 1.29 is 4.79 Å². The van der Waals surface area contributed by atoms with Crippen molar-refractivity contribution >= 4 is 33.3 Å². The van der Waals surface area contributed by atoms with E-state index in [-0.39, 0.29) is 5.91 Å². The quantitative estimate of drug-likeness (QED) is 0.796. The summed E-state index contributed by atoms with van der Waals surface area (Å²) in [5.74, 6) is 0.0414. The normalized spacial score (nSPS) is 10.8. The molecule has 2 aromatic heterocycles. The summed E-state index contributed by atoms with van der Waals surface area (Å²) in [6, 6.07) is 7.99. The summed E-state index contributed by atoms with van der Waals surface area (Å²) >= 11 is 1.46. The van der Waals surface area contributed by atoms with Gasteiger partial charge < -0.3 is 4.98 Å². The lowest BCUT2D eigenvalue weighted by molar-refractivity contribution is -0.117. The number of carbonyl (C=O) groups is 1. The second-order valence-corrected chi connectivity index (χ2v) is 5.18. The Kier molecular flexibility index (Phi) is 3.05. The van der Waals surface area contributed by atoms with E-state index in [9.17, 15) is 4.79 Å². The Balaban J connectivity index is 1.83. The molecule has 0 aliphatic carbocycles. The summed E-state index contributed by atoms with van der Waals surface area (Å²) in [7, 11) is 1.76. The van der Waals surface area contributed by atoms with Crippen LogP contribution in [0.4, 0.5) is 5.13 Å². The molecule has 0 saturated carbocycles. The Labute approximate surface area is 114 Å². The molecule has 1 aromatic carbocycles. The highest BCUT2D eigenvalue weighted by molar-refractivity contribution is 7.13. The molecule has 1 amide bonds. The minimum Gasteiger partial charge on any atom is -0.361 e. The van der Waals surface area contributed by atoms with Gasteiger partial charge in [0.25, 0.3) is 0 Å². The predicted octanol–water partition coefficient (Wildman–Crippen LogP) is 2.83. The number of fused-ring (bicyclic) bond motifs is 1. The maximum absolute atomic E-state index is 12.2. The highest BCUT2D eigenvalue weighted by Gasteiger charge is 2.15. The van der Waals surface area contributed by atoms with Gasteiger partial charge in [-0.15, -0.1) is 11.3 Å². The van der Waals surface area contributed by atoms with Crippen molar-refractivity contribution in [3.63, 3.8) is 0 Å². The van der Waals surface area contributed by atoms with Crippen molar-refractivity contribution in [1.29, 1.82) is 0 Å². The molecule has 0 fully saturated rings. The van der Waals surface area contributed by atoms with Crippen LogP contribution in [0.15, 0.2) is 42.0 Å². The van der Waals surface area contributed by atoms with Gasteiger partial charge in [-0.3, -0.25) is 9.69 Å². The first-order valence-electron chi connectivity index (χ1n) is 5.97. The number of para-hydroxylation sites is 1. The topological polar surface area (TPSA) is 49.0 Å². The Morgan fingerprint density at radius 1 is 1.42 bits per heavy atom. The van der Waals surface area contributed by atoms with E-state index in [2.05, 4.69) is 9.97 Å². The average Bonchev–Trinajstić information content (AvgIpc) is 3.08. The number of carbonyl (C=O) groups excluding carboxylic acids is 1. The van der Waals surface area contributed by atoms with Crippen LogP contribution in [0, 0.1) is 0 Å². The van der Waals surface area contributed by atoms with Crippen molar-refractivity contribution in [2.24, 2.45) is 0 Å². The number of likely N-dealkylation sites (N-methyl/N-ethyl adjacent to an activating group) is 1. The minimum atomic E-state index is 0.0414. The monoisotopic (exact) mass is 271 g/mol. The molecule has 5 heteroatoms. The van der Waals surface area contributed by atoms with Crippen LogP contribution < -0.4 is 4.90 Å². The lowest BCUT2D eigenvalue weighted by Gasteiger charge is -2.13. The molecule has 3 aromatic rings. The van der Waals surface area contributed by atoms with Gasteiger partial charge in [0.1, 0.15) is 0 Å². The van der Waals surface area contributed by atoms with Gasteiger partial charge in [0.15, 0.2) is 5.13 Å². The number of aromatic amines is 1. The number of H-pyrrole nitrogens is 1. The molecule has 0 aliphatic heterocycles. The van der Waals surface area contributed by atoms with Crippen molar-refractivity contribution in [1.82, 2.24) is 9.97 Å². The molecule has 3 rings (SSSR count). The number of hydrogen-bond acceptors (Lipinski definition) is 3. The Bertz CT molecular complexity index is 702. The number of anilines is 1. The first-order chi connectivity index (χ1) is 9.25. The lowest BCUT2D eigenvalue weighted by atomic mass is 10.1. The molecule has 0 unspecified atom stereocenters. The summed E-state index contributed by atoms with van der Waals surface area (Å²) in [5.41, 5.74) is 2.08. The van der Waals surface area contributed by atoms with Crippen LogP contribution in [-0.4, -0.2) is 22.9 Å². The van der Waals surface area contributed by atoms with E-state index in [0.717, 1.165) is 21.6 Å². The maximum Gasteiger partial charge on any atom is 0.233 e. The standard InChI is InChI=1S/C14H13N3OS/c1-17(14-15-6-7-19-14)13(18)8-10-9-16-12-5-3-2-4-11(10)12/h2-7,9,16H,8H2,1H3. The fourth-order valence-corrected chi connectivity index (χ4v) is 2.67. The number of aromatic nitrogens is 2. The summed E-state index contributed by atoms with van der Waals surface area (Å²) in [5, 5.41) is 3.69. The molecule has 4 nitrogen and oxygen atoms in total. The van der Waals surface area contributed by atoms with E-state index in [1.807, 2.05) is 35.8 Å². The number of benzene rings is 1. The first-order valence-corrected chi connectivity index (χ1v) is 6.84. The summed E-state index contributed by atoms with van der Waals surface area (Å²) in [6.45, 7) is 0. The molecule has 0 bridgehead atoms. The molecule has 0 aliphatic rings. The molecular weight excluding hydrogens is 258 g/mol. The van der Waals surface area contributed by atoms with Crippen LogP contribution in [0.2, 0.25) is 0 Å². The summed E-state index contributed by atoms with van der Waals surface area (Å²) in [6.07, 6.45) is 3.98. The van der Waals surface area contributed by atoms with E-state index in [1.165, 1.54) is 11.3 Å². The predicted molar refractivity (Wildman–Crippen MR) is 77.5 cm³/mol. The van der Waals surface area contributed by atoms with E-state index in [1.54, 1.807) is 18.1 Å². The van der Waals surface area contributed by atoms with Crippen LogP contribution in [0.3, 0.4) is 0 Å². The van der Waals surface area contributed by atoms with E-state index >= 15 is 0 Å². The first kappa shape index (κ1) is 11.9. The van der Waals surface area contributed by atoms with Crippen molar-refractivity contribution in [2.45, 2.75) is 6.42 Å². The molecule has 2 heterocycles. The van der Waals surface area contributed by atoms with Gasteiger partial charge in [0, 0.05) is 35.7 Å². The Morgan fingerprint density at radius 3 is 3.05 bits per heavy atom. The molecule has 0 spiro atoms. The highest BCUT2D eigenvalue weighted by Crippen LogP contribution is 2.21. The van der Waals surface area contributed by atoms with E-state index in [0.29, 0.717) is 6.42 Å². The van der Waals surface area contributed by atoms with Gasteiger partial charge in [-0.25, -0.2) is 4.98 Å². The Morgan fingerprint density at radius 2 is 2.26 bits per heavy atom. The highest BCUT2D eigenvalue weighted by atomic mass is 32.1. The molecule has 0 saturated heterocycles. The van der Waals surface area contributed by atoms with Gasteiger partial charge >= 0.3 is 0 Å². The number of nitrogens with one attached hydrogen (secondary N) is 1. The molecule has 19 heavy (non-hydrogen) atoms. The number of hydrogen-bond donors (Lipinski definition) is 1. The Hall–Kier alpha value is -2.14. The van der Waals surface area contributed by atoms with Gasteiger partial charge in [0.05, 0.1) is 6.42 Å². The molecular formula is C14H13N3OS. The van der Waals surface area contributed by atoms with Crippen molar-refractivity contribution in [3.8, 4) is 0 Å². The number of nitrogens with zero attached hydrogens (tertiary/aromatic N) is 2. The van der Waals surface area contributed by atoms with Crippen LogP contribution >= 0.6 is 11.3 Å². The van der Waals surface area contributed by atoms with Crippen LogP contribution in [-0.2, 0) is 11.2 Å². The van der Waals surface area contributed by atoms with Crippen LogP contribution in [0.25, 0.3) is 10.9 Å². The fraction of sp³-hybridized carbons (Fsp3) is 0.143. The number of amides is 1. The summed E-state index contributed by atoms with van der Waals surface area (Å²) < 4.78 is 0. The SMILES string of the molecule is CN(C(=O)Cc1c[nH]c2ccccc12)c1nccs1. The largest absolute Gasteiger partial charge is 0.361 e. The number of rotatable bonds is 3. The van der Waals surface area contributed by atoms with E-state index in [4.69, 9.17) is 0 Å². The van der Waals surface area contributed by atoms with Crippen molar-refractivity contribution in [2.75, 3.05) is 11.9 Å². The molecule has 0 atom stereocenters. The third kappa shape index (κ3) is 2.24. The van der Waals surface area contributed by atoms with E-state index < -0.39 is 0 Å². The maximum atomic E-state index is 12.2. The van der Waals surface area contributed by atoms with Crippen LogP contribution in [0.5, 0.6) is 0 Å². The molecule has 96 valence electrons. The van der Waals surface area contributed by atoms with Gasteiger partial charge in [-0.1, -0.05) is 18.2 Å². The fourth-order valence-electron chi connectivity index (χ4n) is 2.05. The average molecular weight is 271 g/mol. The second-order valence-electron chi connectivity index (χ2n) is 4.30. The zero-order valence-electron chi connectivity index (χ0n) is 10.5. The summed E-state index contributed by atoms with van der Waals surface area (Å²) in [4.78, 5) is 21.2. The van der Waals surface area contributed by atoms with Gasteiger partial charge in [-0.2, -0.15) is 0 Å². The zero-order valence-corrected chi connectivity index (χ0v) is 11.3. The number of thiazole rings is 1. The van der Waals surface area contributed by atoms with Crippen LogP contribution in [0.1, 0.15) is 5.56 Å². The molecule has 0 radical (unpaired) electrons.